The quantitative estimate of drug-likeness (QED) is 0.534. The van der Waals surface area contributed by atoms with Crippen molar-refractivity contribution in [2.75, 3.05) is 12.4 Å². The van der Waals surface area contributed by atoms with Crippen molar-refractivity contribution in [3.8, 4) is 17.0 Å². The molecule has 4 heterocycles. The van der Waals surface area contributed by atoms with Gasteiger partial charge in [-0.05, 0) is 24.3 Å². The Morgan fingerprint density at radius 1 is 1.32 bits per heavy atom. The van der Waals surface area contributed by atoms with Crippen molar-refractivity contribution >= 4 is 39.9 Å². The molecule has 0 spiro atoms. The van der Waals surface area contributed by atoms with Crippen LogP contribution >= 0.6 is 23.1 Å². The van der Waals surface area contributed by atoms with E-state index in [1.54, 1.807) is 18.9 Å². The van der Waals surface area contributed by atoms with Crippen molar-refractivity contribution in [2.24, 2.45) is 0 Å². The summed E-state index contributed by atoms with van der Waals surface area (Å²) in [5.41, 5.74) is 4.67. The van der Waals surface area contributed by atoms with Gasteiger partial charge < -0.3 is 9.26 Å². The Morgan fingerprint density at radius 3 is 3.00 bits per heavy atom. The number of thioether (sulfide) groups is 1. The number of nitrogens with zero attached hydrogens (tertiary/aromatic N) is 3. The van der Waals surface area contributed by atoms with Crippen LogP contribution in [0.1, 0.15) is 17.0 Å². The Bertz CT molecular complexity index is 1160. The van der Waals surface area contributed by atoms with Crippen LogP contribution in [0.3, 0.4) is 0 Å². The second-order valence-electron chi connectivity index (χ2n) is 6.39. The van der Waals surface area contributed by atoms with Crippen LogP contribution in [-0.4, -0.2) is 27.6 Å². The fraction of sp³-hybridized carbons (Fsp3) is 0.211. The number of aromatic nitrogens is 3. The Labute approximate surface area is 168 Å². The lowest BCUT2D eigenvalue weighted by Gasteiger charge is -2.02. The molecule has 7 nitrogen and oxygen atoms in total. The maximum Gasteiger partial charge on any atom is 0.235 e. The van der Waals surface area contributed by atoms with E-state index in [0.29, 0.717) is 5.88 Å². The Morgan fingerprint density at radius 2 is 2.18 bits per heavy atom. The number of methoxy groups -OCH3 is 1. The average Bonchev–Trinajstić information content (AvgIpc) is 3.46. The first-order valence-corrected chi connectivity index (χ1v) is 10.7. The van der Waals surface area contributed by atoms with Crippen molar-refractivity contribution in [3.63, 3.8) is 0 Å². The molecule has 0 saturated heterocycles. The van der Waals surface area contributed by atoms with Crippen LogP contribution in [0, 0.1) is 0 Å². The second-order valence-corrected chi connectivity index (χ2v) is 8.21. The summed E-state index contributed by atoms with van der Waals surface area (Å²) in [6, 6.07) is 7.76. The topological polar surface area (TPSA) is 81.7 Å². The SMILES string of the molecule is COc1ccc(-c2cn3c(CC(=O)Nc4onc5c4CSC5)csc3n2)cc1. The summed E-state index contributed by atoms with van der Waals surface area (Å²) < 4.78 is 12.4. The third-order valence-electron chi connectivity index (χ3n) is 4.62. The molecule has 28 heavy (non-hydrogen) atoms. The zero-order chi connectivity index (χ0) is 19.1. The Hall–Kier alpha value is -2.78. The Kier molecular flexibility index (Phi) is 4.33. The van der Waals surface area contributed by atoms with Gasteiger partial charge in [-0.3, -0.25) is 14.5 Å². The number of rotatable bonds is 5. The fourth-order valence-corrected chi connectivity index (χ4v) is 5.04. The molecule has 0 bridgehead atoms. The van der Waals surface area contributed by atoms with E-state index in [4.69, 9.17) is 9.26 Å². The van der Waals surface area contributed by atoms with Crippen molar-refractivity contribution < 1.29 is 14.1 Å². The smallest absolute Gasteiger partial charge is 0.235 e. The number of hydrogen-bond donors (Lipinski definition) is 1. The first kappa shape index (κ1) is 17.3. The molecule has 3 aromatic heterocycles. The molecule has 5 rings (SSSR count). The molecule has 1 amide bonds. The first-order valence-electron chi connectivity index (χ1n) is 8.66. The fourth-order valence-electron chi connectivity index (χ4n) is 3.15. The van der Waals surface area contributed by atoms with Crippen LogP contribution in [0.15, 0.2) is 40.4 Å². The van der Waals surface area contributed by atoms with E-state index in [1.165, 1.54) is 11.3 Å². The number of carbonyl (C=O) groups is 1. The second kappa shape index (κ2) is 6.99. The van der Waals surface area contributed by atoms with Gasteiger partial charge in [-0.2, -0.15) is 11.8 Å². The van der Waals surface area contributed by atoms with E-state index >= 15 is 0 Å². The number of ether oxygens (including phenoxy) is 1. The monoisotopic (exact) mass is 412 g/mol. The van der Waals surface area contributed by atoms with Gasteiger partial charge in [-0.1, -0.05) is 5.16 Å². The van der Waals surface area contributed by atoms with Crippen molar-refractivity contribution in [2.45, 2.75) is 17.9 Å². The van der Waals surface area contributed by atoms with Crippen LogP contribution in [0.2, 0.25) is 0 Å². The van der Waals surface area contributed by atoms with Gasteiger partial charge in [0.25, 0.3) is 0 Å². The number of fused-ring (bicyclic) bond motifs is 2. The molecule has 0 aliphatic carbocycles. The van der Waals surface area contributed by atoms with Gasteiger partial charge in [0.15, 0.2) is 4.96 Å². The maximum atomic E-state index is 12.5. The highest BCUT2D eigenvalue weighted by molar-refractivity contribution is 7.98. The lowest BCUT2D eigenvalue weighted by Crippen LogP contribution is -2.15. The summed E-state index contributed by atoms with van der Waals surface area (Å²) >= 11 is 3.28. The summed E-state index contributed by atoms with van der Waals surface area (Å²) in [5, 5.41) is 8.82. The average molecular weight is 412 g/mol. The minimum atomic E-state index is -0.129. The predicted molar refractivity (Wildman–Crippen MR) is 109 cm³/mol. The molecule has 4 aromatic rings. The summed E-state index contributed by atoms with van der Waals surface area (Å²) in [7, 11) is 1.64. The van der Waals surface area contributed by atoms with Crippen LogP contribution in [0.5, 0.6) is 5.75 Å². The highest BCUT2D eigenvalue weighted by Crippen LogP contribution is 2.34. The van der Waals surface area contributed by atoms with E-state index in [-0.39, 0.29) is 12.3 Å². The normalized spacial score (nSPS) is 13.0. The van der Waals surface area contributed by atoms with Gasteiger partial charge >= 0.3 is 0 Å². The number of imidazole rings is 1. The molecular weight excluding hydrogens is 396 g/mol. The minimum Gasteiger partial charge on any atom is -0.497 e. The molecule has 0 radical (unpaired) electrons. The van der Waals surface area contributed by atoms with Gasteiger partial charge in [-0.25, -0.2) is 4.98 Å². The molecule has 1 aliphatic heterocycles. The standard InChI is InChI=1S/C19H16N4O3S2/c1-25-13-4-2-11(3-5-13)15-7-23-12(8-28-19(23)20-15)6-17(24)21-18-14-9-27-10-16(14)22-26-18/h2-5,7-8H,6,9-10H2,1H3,(H,21,24). The van der Waals surface area contributed by atoms with Crippen LogP contribution in [0.4, 0.5) is 5.88 Å². The summed E-state index contributed by atoms with van der Waals surface area (Å²) in [4.78, 5) is 18.0. The number of nitrogens with one attached hydrogen (secondary N) is 1. The number of benzene rings is 1. The zero-order valence-electron chi connectivity index (χ0n) is 15.0. The van der Waals surface area contributed by atoms with Gasteiger partial charge in [-0.15, -0.1) is 11.3 Å². The molecule has 1 aromatic carbocycles. The van der Waals surface area contributed by atoms with Crippen molar-refractivity contribution in [3.05, 3.63) is 52.8 Å². The molecule has 0 atom stereocenters. The van der Waals surface area contributed by atoms with Crippen LogP contribution in [0.25, 0.3) is 16.2 Å². The highest BCUT2D eigenvalue weighted by atomic mass is 32.2. The first-order chi connectivity index (χ1) is 13.7. The number of amides is 1. The van der Waals surface area contributed by atoms with Gasteiger partial charge in [0.1, 0.15) is 5.75 Å². The third-order valence-corrected chi connectivity index (χ3v) is 6.48. The van der Waals surface area contributed by atoms with Gasteiger partial charge in [0.05, 0.1) is 30.5 Å². The molecule has 142 valence electrons. The lowest BCUT2D eigenvalue weighted by molar-refractivity contribution is -0.115. The van der Waals surface area contributed by atoms with E-state index in [1.807, 2.05) is 40.2 Å². The van der Waals surface area contributed by atoms with E-state index < -0.39 is 0 Å². The highest BCUT2D eigenvalue weighted by Gasteiger charge is 2.23. The van der Waals surface area contributed by atoms with Crippen LogP contribution < -0.4 is 10.1 Å². The number of thiazole rings is 1. The van der Waals surface area contributed by atoms with Crippen LogP contribution in [-0.2, 0) is 22.7 Å². The molecular formula is C19H16N4O3S2. The predicted octanol–water partition coefficient (Wildman–Crippen LogP) is 3.99. The van der Waals surface area contributed by atoms with E-state index in [0.717, 1.165) is 50.4 Å². The lowest BCUT2D eigenvalue weighted by atomic mass is 10.2. The van der Waals surface area contributed by atoms with Gasteiger partial charge in [0.2, 0.25) is 11.8 Å². The minimum absolute atomic E-state index is 0.129. The van der Waals surface area contributed by atoms with E-state index in [9.17, 15) is 4.79 Å². The summed E-state index contributed by atoms with van der Waals surface area (Å²) in [5.74, 6) is 2.81. The third kappa shape index (κ3) is 3.06. The number of carbonyl (C=O) groups excluding carboxylic acids is 1. The van der Waals surface area contributed by atoms with Crippen molar-refractivity contribution in [1.29, 1.82) is 0 Å². The molecule has 1 aliphatic rings. The van der Waals surface area contributed by atoms with Crippen molar-refractivity contribution in [1.82, 2.24) is 14.5 Å². The molecule has 9 heteroatoms. The molecule has 0 saturated carbocycles. The summed E-state index contributed by atoms with van der Waals surface area (Å²) in [6.45, 7) is 0. The number of hydrogen-bond acceptors (Lipinski definition) is 7. The number of anilines is 1. The maximum absolute atomic E-state index is 12.5. The zero-order valence-corrected chi connectivity index (χ0v) is 16.6. The van der Waals surface area contributed by atoms with E-state index in [2.05, 4.69) is 15.5 Å². The largest absolute Gasteiger partial charge is 0.497 e. The van der Waals surface area contributed by atoms with Gasteiger partial charge in [0, 0.05) is 34.3 Å². The molecule has 1 N–H and O–H groups in total. The summed E-state index contributed by atoms with van der Waals surface area (Å²) in [6.07, 6.45) is 2.19. The Balaban J connectivity index is 1.35. The molecule has 0 fully saturated rings. The molecule has 0 unspecified atom stereocenters.